The predicted molar refractivity (Wildman–Crippen MR) is 78.6 cm³/mol. The highest BCUT2D eigenvalue weighted by molar-refractivity contribution is 5.99. The molecule has 1 unspecified atom stereocenters. The number of hydrogen-bond acceptors (Lipinski definition) is 5. The number of carbonyl (C=O) groups is 1. The maximum absolute atomic E-state index is 12.4. The molecule has 7 nitrogen and oxygen atoms in total. The summed E-state index contributed by atoms with van der Waals surface area (Å²) in [6.45, 7) is 2.98. The molecule has 1 amide bonds. The zero-order valence-corrected chi connectivity index (χ0v) is 12.1. The SMILES string of the molecule is CNc1ccc([N+](=O)[O-])c(C(=O)NC2(C)CCCOC2)c1. The van der Waals surface area contributed by atoms with Gasteiger partial charge < -0.3 is 15.4 Å². The molecular formula is C14H19N3O4. The Labute approximate surface area is 122 Å². The van der Waals surface area contributed by atoms with E-state index >= 15 is 0 Å². The Balaban J connectivity index is 2.26. The predicted octanol–water partition coefficient (Wildman–Crippen LogP) is 1.94. The molecule has 0 saturated carbocycles. The van der Waals surface area contributed by atoms with Crippen molar-refractivity contribution >= 4 is 17.3 Å². The molecule has 1 aromatic carbocycles. The highest BCUT2D eigenvalue weighted by atomic mass is 16.6. The molecule has 21 heavy (non-hydrogen) atoms. The van der Waals surface area contributed by atoms with Crippen molar-refractivity contribution in [1.29, 1.82) is 0 Å². The molecule has 0 bridgehead atoms. The minimum Gasteiger partial charge on any atom is -0.388 e. The van der Waals surface area contributed by atoms with E-state index in [2.05, 4.69) is 10.6 Å². The number of amides is 1. The van der Waals surface area contributed by atoms with Crippen LogP contribution in [-0.4, -0.2) is 36.6 Å². The summed E-state index contributed by atoms with van der Waals surface area (Å²) in [5.41, 5.74) is 0.0139. The molecular weight excluding hydrogens is 274 g/mol. The maximum atomic E-state index is 12.4. The van der Waals surface area contributed by atoms with Crippen molar-refractivity contribution in [2.45, 2.75) is 25.3 Å². The molecule has 1 atom stereocenters. The molecule has 0 spiro atoms. The topological polar surface area (TPSA) is 93.5 Å². The Morgan fingerprint density at radius 2 is 2.24 bits per heavy atom. The summed E-state index contributed by atoms with van der Waals surface area (Å²) in [7, 11) is 1.69. The van der Waals surface area contributed by atoms with Crippen LogP contribution >= 0.6 is 0 Å². The Bertz CT molecular complexity index is 553. The third-order valence-electron chi connectivity index (χ3n) is 3.58. The first-order valence-corrected chi connectivity index (χ1v) is 6.82. The standard InChI is InChI=1S/C14H19N3O4/c1-14(6-3-7-21-9-14)16-13(18)11-8-10(15-2)4-5-12(11)17(19)20/h4-5,8,15H,3,6-7,9H2,1-2H3,(H,16,18). The highest BCUT2D eigenvalue weighted by Crippen LogP contribution is 2.25. The molecule has 114 valence electrons. The van der Waals surface area contributed by atoms with Gasteiger partial charge in [-0.15, -0.1) is 0 Å². The monoisotopic (exact) mass is 293 g/mol. The molecule has 1 aliphatic rings. The summed E-state index contributed by atoms with van der Waals surface area (Å²) in [6.07, 6.45) is 1.65. The number of nitrogens with zero attached hydrogens (tertiary/aromatic N) is 1. The summed E-state index contributed by atoms with van der Waals surface area (Å²) < 4.78 is 5.38. The second-order valence-corrected chi connectivity index (χ2v) is 5.41. The Morgan fingerprint density at radius 3 is 2.81 bits per heavy atom. The Kier molecular flexibility index (Phi) is 4.42. The van der Waals surface area contributed by atoms with Crippen LogP contribution < -0.4 is 10.6 Å². The lowest BCUT2D eigenvalue weighted by Crippen LogP contribution is -2.51. The van der Waals surface area contributed by atoms with E-state index in [-0.39, 0.29) is 11.3 Å². The first-order valence-electron chi connectivity index (χ1n) is 6.82. The molecule has 1 saturated heterocycles. The van der Waals surface area contributed by atoms with E-state index < -0.39 is 16.4 Å². The van der Waals surface area contributed by atoms with Crippen molar-refractivity contribution in [3.8, 4) is 0 Å². The van der Waals surface area contributed by atoms with Crippen LogP contribution in [0.1, 0.15) is 30.1 Å². The van der Waals surface area contributed by atoms with Gasteiger partial charge >= 0.3 is 0 Å². The van der Waals surface area contributed by atoms with E-state index in [0.29, 0.717) is 18.9 Å². The molecule has 1 aromatic rings. The number of anilines is 1. The molecule has 1 heterocycles. The number of benzene rings is 1. The summed E-state index contributed by atoms with van der Waals surface area (Å²) >= 11 is 0. The van der Waals surface area contributed by atoms with Gasteiger partial charge in [0.2, 0.25) is 0 Å². The zero-order valence-electron chi connectivity index (χ0n) is 12.1. The molecule has 1 aliphatic heterocycles. The van der Waals surface area contributed by atoms with Gasteiger partial charge in [0.05, 0.1) is 17.1 Å². The van der Waals surface area contributed by atoms with E-state index in [0.717, 1.165) is 12.8 Å². The average molecular weight is 293 g/mol. The molecule has 0 aliphatic carbocycles. The lowest BCUT2D eigenvalue weighted by atomic mass is 9.94. The molecule has 2 N–H and O–H groups in total. The van der Waals surface area contributed by atoms with Gasteiger partial charge in [-0.25, -0.2) is 0 Å². The van der Waals surface area contributed by atoms with Gasteiger partial charge in [0.1, 0.15) is 5.56 Å². The van der Waals surface area contributed by atoms with Crippen LogP contribution in [0.3, 0.4) is 0 Å². The molecule has 0 radical (unpaired) electrons. The zero-order chi connectivity index (χ0) is 15.5. The first kappa shape index (κ1) is 15.2. The number of carbonyl (C=O) groups excluding carboxylic acids is 1. The number of rotatable bonds is 4. The van der Waals surface area contributed by atoms with Crippen molar-refractivity contribution in [2.24, 2.45) is 0 Å². The average Bonchev–Trinajstić information content (AvgIpc) is 2.46. The van der Waals surface area contributed by atoms with Crippen molar-refractivity contribution < 1.29 is 14.5 Å². The minimum absolute atomic E-state index is 0.0543. The molecule has 0 aromatic heterocycles. The van der Waals surface area contributed by atoms with Crippen LogP contribution in [0.4, 0.5) is 11.4 Å². The van der Waals surface area contributed by atoms with Crippen molar-refractivity contribution in [1.82, 2.24) is 5.32 Å². The van der Waals surface area contributed by atoms with E-state index in [9.17, 15) is 14.9 Å². The number of nitrogens with one attached hydrogen (secondary N) is 2. The van der Waals surface area contributed by atoms with Crippen LogP contribution in [-0.2, 0) is 4.74 Å². The van der Waals surface area contributed by atoms with Crippen LogP contribution in [0, 0.1) is 10.1 Å². The van der Waals surface area contributed by atoms with Gasteiger partial charge in [-0.05, 0) is 31.9 Å². The summed E-state index contributed by atoms with van der Waals surface area (Å²) in [5, 5.41) is 16.8. The number of nitro groups is 1. The smallest absolute Gasteiger partial charge is 0.282 e. The van der Waals surface area contributed by atoms with E-state index in [1.807, 2.05) is 6.92 Å². The van der Waals surface area contributed by atoms with Crippen molar-refractivity contribution in [3.05, 3.63) is 33.9 Å². The summed E-state index contributed by atoms with van der Waals surface area (Å²) in [4.78, 5) is 22.9. The second-order valence-electron chi connectivity index (χ2n) is 5.41. The van der Waals surface area contributed by atoms with Gasteiger partial charge in [-0.2, -0.15) is 0 Å². The van der Waals surface area contributed by atoms with E-state index in [4.69, 9.17) is 4.74 Å². The molecule has 2 rings (SSSR count). The second kappa shape index (κ2) is 6.09. The number of ether oxygens (including phenoxy) is 1. The molecule has 1 fully saturated rings. The normalized spacial score (nSPS) is 21.6. The van der Waals surface area contributed by atoms with E-state index in [1.54, 1.807) is 13.1 Å². The summed E-state index contributed by atoms with van der Waals surface area (Å²) in [6, 6.07) is 4.39. The first-order chi connectivity index (χ1) is 9.95. The van der Waals surface area contributed by atoms with Gasteiger partial charge in [0.15, 0.2) is 0 Å². The van der Waals surface area contributed by atoms with Gasteiger partial charge in [0, 0.05) is 25.4 Å². The van der Waals surface area contributed by atoms with Gasteiger partial charge in [-0.1, -0.05) is 0 Å². The quantitative estimate of drug-likeness (QED) is 0.653. The van der Waals surface area contributed by atoms with E-state index in [1.165, 1.54) is 12.1 Å². The maximum Gasteiger partial charge on any atom is 0.282 e. The third-order valence-corrected chi connectivity index (χ3v) is 3.58. The van der Waals surface area contributed by atoms with Gasteiger partial charge in [0.25, 0.3) is 11.6 Å². The van der Waals surface area contributed by atoms with Crippen molar-refractivity contribution in [3.63, 3.8) is 0 Å². The van der Waals surface area contributed by atoms with Crippen LogP contribution in [0.15, 0.2) is 18.2 Å². The third kappa shape index (κ3) is 3.49. The van der Waals surface area contributed by atoms with Crippen LogP contribution in [0.5, 0.6) is 0 Å². The van der Waals surface area contributed by atoms with Crippen LogP contribution in [0.2, 0.25) is 0 Å². The number of nitro benzene ring substituents is 1. The Morgan fingerprint density at radius 1 is 1.48 bits per heavy atom. The fourth-order valence-corrected chi connectivity index (χ4v) is 2.41. The fourth-order valence-electron chi connectivity index (χ4n) is 2.41. The van der Waals surface area contributed by atoms with Crippen molar-refractivity contribution in [2.75, 3.05) is 25.6 Å². The lowest BCUT2D eigenvalue weighted by Gasteiger charge is -2.34. The Hall–Kier alpha value is -2.15. The lowest BCUT2D eigenvalue weighted by molar-refractivity contribution is -0.385. The summed E-state index contributed by atoms with van der Waals surface area (Å²) in [5.74, 6) is -0.452. The molecule has 7 heteroatoms. The van der Waals surface area contributed by atoms with Gasteiger partial charge in [-0.3, -0.25) is 14.9 Å². The number of hydrogen-bond donors (Lipinski definition) is 2. The fraction of sp³-hybridized carbons (Fsp3) is 0.500. The largest absolute Gasteiger partial charge is 0.388 e. The van der Waals surface area contributed by atoms with Crippen LogP contribution in [0.25, 0.3) is 0 Å². The minimum atomic E-state index is -0.548. The highest BCUT2D eigenvalue weighted by Gasteiger charge is 2.31.